The van der Waals surface area contributed by atoms with E-state index in [0.717, 1.165) is 40.5 Å². The van der Waals surface area contributed by atoms with Crippen LogP contribution < -0.4 is 4.90 Å². The highest BCUT2D eigenvalue weighted by atomic mass is 79.9. The molecule has 0 aromatic heterocycles. The van der Waals surface area contributed by atoms with Gasteiger partial charge in [0.1, 0.15) is 6.61 Å². The fraction of sp³-hybridized carbons (Fsp3) is 0.350. The van der Waals surface area contributed by atoms with Gasteiger partial charge in [-0.3, -0.25) is 4.90 Å². The third-order valence-electron chi connectivity index (χ3n) is 4.57. The summed E-state index contributed by atoms with van der Waals surface area (Å²) < 4.78 is 6.68. The molecule has 3 nitrogen and oxygen atoms in total. The highest BCUT2D eigenvalue weighted by Gasteiger charge is 2.32. The maximum Gasteiger partial charge on any atom is 0.414 e. The second-order valence-electron chi connectivity index (χ2n) is 6.24. The molecule has 24 heavy (non-hydrogen) atoms. The number of carbonyl (C=O) groups excluding carboxylic acids is 1. The molecule has 2 aromatic carbocycles. The molecule has 0 aliphatic carbocycles. The Hall–Kier alpha value is -1.81. The number of amides is 1. The Kier molecular flexibility index (Phi) is 5.24. The van der Waals surface area contributed by atoms with Gasteiger partial charge in [-0.1, -0.05) is 53.2 Å². The van der Waals surface area contributed by atoms with E-state index >= 15 is 0 Å². The van der Waals surface area contributed by atoms with E-state index < -0.39 is 0 Å². The molecule has 1 aliphatic heterocycles. The number of halogens is 1. The van der Waals surface area contributed by atoms with Crippen molar-refractivity contribution in [3.63, 3.8) is 0 Å². The third-order valence-corrected chi connectivity index (χ3v) is 5.03. The quantitative estimate of drug-likeness (QED) is 0.683. The number of nitrogens with zero attached hydrogens (tertiary/aromatic N) is 1. The lowest BCUT2D eigenvalue weighted by atomic mass is 9.92. The van der Waals surface area contributed by atoms with Gasteiger partial charge < -0.3 is 4.74 Å². The molecule has 0 N–H and O–H groups in total. The smallest absolute Gasteiger partial charge is 0.414 e. The van der Waals surface area contributed by atoms with Gasteiger partial charge in [0, 0.05) is 10.5 Å². The largest absolute Gasteiger partial charge is 0.444 e. The first-order chi connectivity index (χ1) is 11.6. The number of aryl methyl sites for hydroxylation is 2. The summed E-state index contributed by atoms with van der Waals surface area (Å²) in [6.45, 7) is 4.48. The zero-order valence-corrected chi connectivity index (χ0v) is 15.7. The van der Waals surface area contributed by atoms with Crippen LogP contribution in [0.2, 0.25) is 0 Å². The Morgan fingerprint density at radius 1 is 1.29 bits per heavy atom. The summed E-state index contributed by atoms with van der Waals surface area (Å²) in [5.41, 5.74) is 4.34. The van der Waals surface area contributed by atoms with Crippen LogP contribution in [0.3, 0.4) is 0 Å². The molecule has 1 amide bonds. The topological polar surface area (TPSA) is 29.5 Å². The summed E-state index contributed by atoms with van der Waals surface area (Å²) in [6, 6.07) is 14.2. The number of rotatable bonds is 3. The molecular weight excluding hydrogens is 366 g/mol. The molecule has 3 rings (SSSR count). The van der Waals surface area contributed by atoms with Crippen LogP contribution in [0.25, 0.3) is 0 Å². The number of fused-ring (bicyclic) bond motifs is 1. The second-order valence-corrected chi connectivity index (χ2v) is 7.16. The monoisotopic (exact) mass is 387 g/mol. The summed E-state index contributed by atoms with van der Waals surface area (Å²) in [5.74, 6) is 0. The summed E-state index contributed by atoms with van der Waals surface area (Å²) in [5, 5.41) is 0. The number of benzene rings is 2. The van der Waals surface area contributed by atoms with Gasteiger partial charge in [-0.15, -0.1) is 0 Å². The Balaban J connectivity index is 1.86. The number of hydrogen-bond acceptors (Lipinski definition) is 2. The van der Waals surface area contributed by atoms with E-state index in [4.69, 9.17) is 4.74 Å². The van der Waals surface area contributed by atoms with E-state index in [-0.39, 0.29) is 12.1 Å². The zero-order valence-electron chi connectivity index (χ0n) is 14.1. The van der Waals surface area contributed by atoms with Gasteiger partial charge in [0.15, 0.2) is 0 Å². The van der Waals surface area contributed by atoms with E-state index in [1.807, 2.05) is 35.2 Å². The van der Waals surface area contributed by atoms with Crippen LogP contribution in [-0.4, -0.2) is 12.1 Å². The Bertz CT molecular complexity index is 730. The van der Waals surface area contributed by atoms with Crippen molar-refractivity contribution in [2.45, 2.75) is 45.8 Å². The van der Waals surface area contributed by atoms with Crippen molar-refractivity contribution in [1.82, 2.24) is 0 Å². The van der Waals surface area contributed by atoms with Crippen molar-refractivity contribution in [1.29, 1.82) is 0 Å². The predicted molar refractivity (Wildman–Crippen MR) is 100 cm³/mol. The first-order valence-electron chi connectivity index (χ1n) is 8.39. The molecule has 1 unspecified atom stereocenters. The van der Waals surface area contributed by atoms with Crippen molar-refractivity contribution < 1.29 is 9.53 Å². The lowest BCUT2D eigenvalue weighted by Crippen LogP contribution is -2.44. The fourth-order valence-corrected chi connectivity index (χ4v) is 4.01. The van der Waals surface area contributed by atoms with Gasteiger partial charge in [0.25, 0.3) is 0 Å². The first-order valence-corrected chi connectivity index (χ1v) is 9.18. The molecular formula is C20H22BrNO2. The number of anilines is 1. The third kappa shape index (κ3) is 3.48. The lowest BCUT2D eigenvalue weighted by Gasteiger charge is -2.37. The number of ether oxygens (including phenoxy) is 1. The van der Waals surface area contributed by atoms with Gasteiger partial charge in [-0.25, -0.2) is 4.79 Å². The number of carbonyl (C=O) groups is 1. The predicted octanol–water partition coefficient (Wildman–Crippen LogP) is 5.63. The van der Waals surface area contributed by atoms with Crippen molar-refractivity contribution >= 4 is 27.7 Å². The first kappa shape index (κ1) is 17.0. The molecule has 0 bridgehead atoms. The molecule has 0 spiro atoms. The summed E-state index contributed by atoms with van der Waals surface area (Å²) >= 11 is 3.56. The standard InChI is InChI=1S/C20H22BrNO2/c1-3-18-10-9-16-12-17(21)11-14(2)19(16)22(18)20(23)24-13-15-7-5-4-6-8-15/h4-8,11-12,18H,3,9-10,13H2,1-2H3. The normalized spacial score (nSPS) is 16.6. The Morgan fingerprint density at radius 2 is 2.04 bits per heavy atom. The zero-order chi connectivity index (χ0) is 17.1. The van der Waals surface area contributed by atoms with Gasteiger partial charge in [0.05, 0.1) is 5.69 Å². The molecule has 4 heteroatoms. The average Bonchev–Trinajstić information content (AvgIpc) is 2.59. The van der Waals surface area contributed by atoms with E-state index in [1.54, 1.807) is 0 Å². The summed E-state index contributed by atoms with van der Waals surface area (Å²) in [7, 11) is 0. The highest BCUT2D eigenvalue weighted by molar-refractivity contribution is 9.10. The Morgan fingerprint density at radius 3 is 2.75 bits per heavy atom. The maximum atomic E-state index is 12.8. The second kappa shape index (κ2) is 7.39. The molecule has 126 valence electrons. The SMILES string of the molecule is CCC1CCc2cc(Br)cc(C)c2N1C(=O)OCc1ccccc1. The van der Waals surface area contributed by atoms with Crippen molar-refractivity contribution in [3.8, 4) is 0 Å². The molecule has 1 aliphatic rings. The van der Waals surface area contributed by atoms with Crippen LogP contribution in [0.1, 0.15) is 36.5 Å². The van der Waals surface area contributed by atoms with E-state index in [0.29, 0.717) is 6.61 Å². The molecule has 1 atom stereocenters. The van der Waals surface area contributed by atoms with Crippen LogP contribution in [0.4, 0.5) is 10.5 Å². The lowest BCUT2D eigenvalue weighted by molar-refractivity contribution is 0.143. The van der Waals surface area contributed by atoms with E-state index in [1.165, 1.54) is 5.56 Å². The van der Waals surface area contributed by atoms with Crippen molar-refractivity contribution in [3.05, 3.63) is 63.6 Å². The van der Waals surface area contributed by atoms with Crippen molar-refractivity contribution in [2.75, 3.05) is 4.90 Å². The van der Waals surface area contributed by atoms with Gasteiger partial charge in [0.2, 0.25) is 0 Å². The molecule has 1 heterocycles. The molecule has 0 radical (unpaired) electrons. The van der Waals surface area contributed by atoms with Gasteiger partial charge >= 0.3 is 6.09 Å². The minimum Gasteiger partial charge on any atom is -0.444 e. The minimum atomic E-state index is -0.253. The molecule has 0 saturated carbocycles. The van der Waals surface area contributed by atoms with Crippen LogP contribution >= 0.6 is 15.9 Å². The van der Waals surface area contributed by atoms with Crippen LogP contribution in [0.15, 0.2) is 46.9 Å². The summed E-state index contributed by atoms with van der Waals surface area (Å²) in [4.78, 5) is 14.7. The highest BCUT2D eigenvalue weighted by Crippen LogP contribution is 2.37. The maximum absolute atomic E-state index is 12.8. The summed E-state index contributed by atoms with van der Waals surface area (Å²) in [6.07, 6.45) is 2.64. The van der Waals surface area contributed by atoms with Crippen LogP contribution in [0.5, 0.6) is 0 Å². The average molecular weight is 388 g/mol. The van der Waals surface area contributed by atoms with Crippen molar-refractivity contribution in [2.24, 2.45) is 0 Å². The molecule has 0 saturated heterocycles. The fourth-order valence-electron chi connectivity index (χ4n) is 3.39. The minimum absolute atomic E-state index is 0.195. The Labute approximate surface area is 151 Å². The molecule has 0 fully saturated rings. The van der Waals surface area contributed by atoms with Crippen LogP contribution in [-0.2, 0) is 17.8 Å². The van der Waals surface area contributed by atoms with Gasteiger partial charge in [-0.05, 0) is 55.0 Å². The van der Waals surface area contributed by atoms with E-state index in [2.05, 4.69) is 41.9 Å². The molecule has 2 aromatic rings. The van der Waals surface area contributed by atoms with Crippen LogP contribution in [0, 0.1) is 6.92 Å². The van der Waals surface area contributed by atoms with E-state index in [9.17, 15) is 4.79 Å². The van der Waals surface area contributed by atoms with Gasteiger partial charge in [-0.2, -0.15) is 0 Å². The number of hydrogen-bond donors (Lipinski definition) is 0.